The molecule has 0 bridgehead atoms. The van der Waals surface area contributed by atoms with Gasteiger partial charge in [-0.2, -0.15) is 0 Å². The highest BCUT2D eigenvalue weighted by atomic mass is 32.2. The van der Waals surface area contributed by atoms with Gasteiger partial charge in [0, 0.05) is 32.8 Å². The first-order valence-corrected chi connectivity index (χ1v) is 9.55. The van der Waals surface area contributed by atoms with E-state index < -0.39 is 0 Å². The average molecular weight is 356 g/mol. The molecule has 9 heteroatoms. The summed E-state index contributed by atoms with van der Waals surface area (Å²) in [6.07, 6.45) is 1.50. The largest absolute Gasteiger partial charge is 0.368 e. The summed E-state index contributed by atoms with van der Waals surface area (Å²) in [6, 6.07) is 0. The second-order valence-corrected chi connectivity index (χ2v) is 7.99. The van der Waals surface area contributed by atoms with E-state index >= 15 is 0 Å². The Morgan fingerprint density at radius 1 is 1.26 bits per heavy atom. The Labute approximate surface area is 143 Å². The number of carbonyl (C=O) groups excluding carboxylic acids is 2. The lowest BCUT2D eigenvalue weighted by molar-refractivity contribution is -0.145. The Bertz CT molecular complexity index is 566. The third-order valence-electron chi connectivity index (χ3n) is 3.98. The molecule has 0 aliphatic carbocycles. The molecule has 7 nitrogen and oxygen atoms in total. The fourth-order valence-electron chi connectivity index (χ4n) is 2.70. The van der Waals surface area contributed by atoms with Crippen LogP contribution in [0.15, 0.2) is 4.34 Å². The Hall–Kier alpha value is -1.19. The van der Waals surface area contributed by atoms with E-state index in [4.69, 9.17) is 4.74 Å². The van der Waals surface area contributed by atoms with Gasteiger partial charge in [0.2, 0.25) is 5.91 Å². The minimum atomic E-state index is -0.270. The molecule has 3 rings (SSSR count). The van der Waals surface area contributed by atoms with Crippen LogP contribution in [0, 0.1) is 6.92 Å². The van der Waals surface area contributed by atoms with Crippen molar-refractivity contribution in [2.45, 2.75) is 30.2 Å². The fourth-order valence-corrected chi connectivity index (χ4v) is 4.42. The van der Waals surface area contributed by atoms with E-state index in [1.54, 1.807) is 0 Å². The number of nitrogens with zero attached hydrogens (tertiary/aromatic N) is 4. The lowest BCUT2D eigenvalue weighted by Crippen LogP contribution is -2.53. The molecule has 1 aromatic heterocycles. The lowest BCUT2D eigenvalue weighted by atomic mass is 10.2. The number of piperazine rings is 1. The second kappa shape index (κ2) is 7.59. The molecular formula is C14H20N4O3S2. The van der Waals surface area contributed by atoms with Crippen LogP contribution in [0.3, 0.4) is 0 Å². The molecule has 1 atom stereocenters. The number of carbonyl (C=O) groups is 2. The minimum absolute atomic E-state index is 0.0771. The fraction of sp³-hybridized carbons (Fsp3) is 0.714. The van der Waals surface area contributed by atoms with E-state index in [0.717, 1.165) is 22.2 Å². The summed E-state index contributed by atoms with van der Waals surface area (Å²) >= 11 is 2.92. The highest BCUT2D eigenvalue weighted by molar-refractivity contribution is 8.01. The molecule has 23 heavy (non-hydrogen) atoms. The number of hydrogen-bond donors (Lipinski definition) is 0. The molecule has 2 aliphatic rings. The van der Waals surface area contributed by atoms with Crippen LogP contribution >= 0.6 is 23.1 Å². The van der Waals surface area contributed by atoms with Gasteiger partial charge in [-0.15, -0.1) is 10.2 Å². The van der Waals surface area contributed by atoms with Crippen molar-refractivity contribution in [2.24, 2.45) is 0 Å². The van der Waals surface area contributed by atoms with E-state index in [0.29, 0.717) is 38.5 Å². The first-order valence-electron chi connectivity index (χ1n) is 7.74. The van der Waals surface area contributed by atoms with Crippen molar-refractivity contribution < 1.29 is 14.3 Å². The van der Waals surface area contributed by atoms with Gasteiger partial charge in [-0.1, -0.05) is 23.1 Å². The van der Waals surface area contributed by atoms with E-state index in [2.05, 4.69) is 10.2 Å². The molecule has 0 saturated carbocycles. The van der Waals surface area contributed by atoms with E-state index in [1.807, 2.05) is 16.7 Å². The number of aryl methyl sites for hydroxylation is 1. The second-order valence-electron chi connectivity index (χ2n) is 5.58. The standard InChI is InChI=1S/C14H20N4O3S2/c1-10-15-16-14(23-10)22-9-12(19)17-4-6-18(7-5-17)13(20)11-3-2-8-21-11/h11H,2-9H2,1H3/t11-/m0/s1. The van der Waals surface area contributed by atoms with Gasteiger partial charge in [0.1, 0.15) is 11.1 Å². The molecule has 2 aliphatic heterocycles. The highest BCUT2D eigenvalue weighted by Gasteiger charge is 2.31. The van der Waals surface area contributed by atoms with Crippen molar-refractivity contribution in [2.75, 3.05) is 38.5 Å². The van der Waals surface area contributed by atoms with Gasteiger partial charge in [0.25, 0.3) is 5.91 Å². The summed E-state index contributed by atoms with van der Waals surface area (Å²) in [7, 11) is 0. The molecule has 0 radical (unpaired) electrons. The maximum atomic E-state index is 12.3. The summed E-state index contributed by atoms with van der Waals surface area (Å²) < 4.78 is 6.27. The Morgan fingerprint density at radius 3 is 2.61 bits per heavy atom. The quantitative estimate of drug-likeness (QED) is 0.743. The van der Waals surface area contributed by atoms with Crippen molar-refractivity contribution in [1.82, 2.24) is 20.0 Å². The normalized spacial score (nSPS) is 21.7. The molecule has 2 fully saturated rings. The van der Waals surface area contributed by atoms with Gasteiger partial charge in [0.05, 0.1) is 5.75 Å². The number of hydrogen-bond acceptors (Lipinski definition) is 7. The monoisotopic (exact) mass is 356 g/mol. The van der Waals surface area contributed by atoms with E-state index in [1.165, 1.54) is 23.1 Å². The molecule has 0 spiro atoms. The van der Waals surface area contributed by atoms with Crippen LogP contribution in [0.25, 0.3) is 0 Å². The predicted octanol–water partition coefficient (Wildman–Crippen LogP) is 0.788. The summed E-state index contributed by atoms with van der Waals surface area (Å²) in [5.74, 6) is 0.536. The zero-order chi connectivity index (χ0) is 16.2. The van der Waals surface area contributed by atoms with Gasteiger partial charge >= 0.3 is 0 Å². The van der Waals surface area contributed by atoms with Crippen LogP contribution < -0.4 is 0 Å². The molecular weight excluding hydrogens is 336 g/mol. The molecule has 0 aromatic carbocycles. The van der Waals surface area contributed by atoms with Crippen LogP contribution in [0.4, 0.5) is 0 Å². The smallest absolute Gasteiger partial charge is 0.251 e. The van der Waals surface area contributed by atoms with Crippen molar-refractivity contribution in [3.63, 3.8) is 0 Å². The Morgan fingerprint density at radius 2 is 2.00 bits per heavy atom. The molecule has 126 valence electrons. The summed E-state index contributed by atoms with van der Waals surface area (Å²) in [6.45, 7) is 4.94. The van der Waals surface area contributed by atoms with Crippen LogP contribution in [0.5, 0.6) is 0 Å². The minimum Gasteiger partial charge on any atom is -0.368 e. The third kappa shape index (κ3) is 4.21. The zero-order valence-electron chi connectivity index (χ0n) is 13.1. The number of ether oxygens (including phenoxy) is 1. The van der Waals surface area contributed by atoms with Crippen LogP contribution in [-0.4, -0.2) is 76.5 Å². The summed E-state index contributed by atoms with van der Waals surface area (Å²) in [5, 5.41) is 8.85. The SMILES string of the molecule is Cc1nnc(SCC(=O)N2CCN(C(=O)[C@@H]3CCCO3)CC2)s1. The molecule has 0 unspecified atom stereocenters. The average Bonchev–Trinajstić information content (AvgIpc) is 3.24. The maximum Gasteiger partial charge on any atom is 0.251 e. The Balaban J connectivity index is 1.42. The number of amides is 2. The summed E-state index contributed by atoms with van der Waals surface area (Å²) in [5.41, 5.74) is 0. The maximum absolute atomic E-state index is 12.3. The van der Waals surface area contributed by atoms with Crippen LogP contribution in [0.2, 0.25) is 0 Å². The predicted molar refractivity (Wildman–Crippen MR) is 87.5 cm³/mol. The van der Waals surface area contributed by atoms with Crippen molar-refractivity contribution >= 4 is 34.9 Å². The van der Waals surface area contributed by atoms with Gasteiger partial charge in [0.15, 0.2) is 4.34 Å². The number of thioether (sulfide) groups is 1. The first-order chi connectivity index (χ1) is 11.1. The number of rotatable bonds is 4. The molecule has 0 N–H and O–H groups in total. The van der Waals surface area contributed by atoms with Gasteiger partial charge in [-0.3, -0.25) is 9.59 Å². The zero-order valence-corrected chi connectivity index (χ0v) is 14.7. The lowest BCUT2D eigenvalue weighted by Gasteiger charge is -2.35. The number of aromatic nitrogens is 2. The van der Waals surface area contributed by atoms with Gasteiger partial charge < -0.3 is 14.5 Å². The van der Waals surface area contributed by atoms with Crippen LogP contribution in [-0.2, 0) is 14.3 Å². The summed E-state index contributed by atoms with van der Waals surface area (Å²) in [4.78, 5) is 28.2. The third-order valence-corrected chi connectivity index (χ3v) is 5.93. The van der Waals surface area contributed by atoms with Crippen molar-refractivity contribution in [3.8, 4) is 0 Å². The first kappa shape index (κ1) is 16.7. The van der Waals surface area contributed by atoms with E-state index in [-0.39, 0.29) is 17.9 Å². The topological polar surface area (TPSA) is 75.6 Å². The molecule has 3 heterocycles. The molecule has 2 saturated heterocycles. The molecule has 2 amide bonds. The van der Waals surface area contributed by atoms with Gasteiger partial charge in [-0.05, 0) is 19.8 Å². The Kier molecular flexibility index (Phi) is 5.50. The van der Waals surface area contributed by atoms with Crippen molar-refractivity contribution in [3.05, 3.63) is 5.01 Å². The van der Waals surface area contributed by atoms with E-state index in [9.17, 15) is 9.59 Å². The van der Waals surface area contributed by atoms with Gasteiger partial charge in [-0.25, -0.2) is 0 Å². The van der Waals surface area contributed by atoms with Crippen molar-refractivity contribution in [1.29, 1.82) is 0 Å². The highest BCUT2D eigenvalue weighted by Crippen LogP contribution is 2.22. The van der Waals surface area contributed by atoms with Crippen LogP contribution in [0.1, 0.15) is 17.8 Å². The molecule has 1 aromatic rings.